The molecule has 0 radical (unpaired) electrons. The molecule has 4 aromatic carbocycles. The van der Waals surface area contributed by atoms with E-state index in [1.165, 1.54) is 28.2 Å². The third kappa shape index (κ3) is 18.1. The second kappa shape index (κ2) is 28.4. The van der Waals surface area contributed by atoms with E-state index in [9.17, 15) is 33.9 Å². The number of aromatic nitrogens is 4. The monoisotopic (exact) mass is 1270 g/mol. The molecule has 1 N–H and O–H groups in total. The van der Waals surface area contributed by atoms with Crippen LogP contribution in [0.5, 0.6) is 5.75 Å². The lowest BCUT2D eigenvalue weighted by Gasteiger charge is -2.36. The first-order valence-electron chi connectivity index (χ1n) is 31.8. The molecule has 15 heteroatoms. The van der Waals surface area contributed by atoms with Gasteiger partial charge in [-0.1, -0.05) is 132 Å². The zero-order chi connectivity index (χ0) is 66.5. The number of phenolic OH excluding ortho intramolecular Hbond substituents is 1. The van der Waals surface area contributed by atoms with Gasteiger partial charge in [-0.25, -0.2) is 19.9 Å². The third-order valence-electron chi connectivity index (χ3n) is 16.7. The van der Waals surface area contributed by atoms with Crippen molar-refractivity contribution in [3.8, 4) is 50.8 Å². The molecule has 10 rings (SSSR count). The number of ketones is 4. The number of carbonyl (C=O) groups excluding carboxylic acids is 6. The van der Waals surface area contributed by atoms with E-state index >= 15 is 0 Å². The highest BCUT2D eigenvalue weighted by atomic mass is 32.1. The van der Waals surface area contributed by atoms with Crippen molar-refractivity contribution in [2.45, 2.75) is 163 Å². The van der Waals surface area contributed by atoms with Crippen molar-refractivity contribution < 1.29 is 43.3 Å². The van der Waals surface area contributed by atoms with Crippen LogP contribution < -0.4 is 0 Å². The average molecular weight is 1280 g/mol. The van der Waals surface area contributed by atoms with Crippen LogP contribution in [0.25, 0.3) is 45.0 Å². The molecule has 8 aromatic rings. The number of benzene rings is 4. The van der Waals surface area contributed by atoms with E-state index in [1.807, 2.05) is 139 Å². The van der Waals surface area contributed by atoms with Crippen LogP contribution >= 0.6 is 22.7 Å². The summed E-state index contributed by atoms with van der Waals surface area (Å²) in [7, 11) is 0. The summed E-state index contributed by atoms with van der Waals surface area (Å²) in [6.45, 7) is 25.9. The Balaban J connectivity index is 0.000000217. The molecule has 4 aromatic heterocycles. The Morgan fingerprint density at radius 1 is 0.435 bits per heavy atom. The van der Waals surface area contributed by atoms with Gasteiger partial charge in [-0.2, -0.15) is 0 Å². The number of esters is 2. The molecule has 92 heavy (non-hydrogen) atoms. The van der Waals surface area contributed by atoms with E-state index < -0.39 is 23.0 Å². The van der Waals surface area contributed by atoms with E-state index in [0.717, 1.165) is 54.3 Å². The molecule has 0 spiro atoms. The van der Waals surface area contributed by atoms with Crippen molar-refractivity contribution in [1.29, 1.82) is 0 Å². The van der Waals surface area contributed by atoms with E-state index in [1.54, 1.807) is 24.5 Å². The fraction of sp³-hybridized carbons (Fsp3) is 0.403. The van der Waals surface area contributed by atoms with Gasteiger partial charge in [0.05, 0.1) is 21.6 Å². The summed E-state index contributed by atoms with van der Waals surface area (Å²) < 4.78 is 11.1. The van der Waals surface area contributed by atoms with Gasteiger partial charge >= 0.3 is 11.9 Å². The molecule has 0 saturated heterocycles. The summed E-state index contributed by atoms with van der Waals surface area (Å²) in [5.41, 5.74) is 7.38. The number of aryl methyl sites for hydroxylation is 1. The molecule has 2 aliphatic carbocycles. The lowest BCUT2D eigenvalue weighted by molar-refractivity contribution is -0.167. The summed E-state index contributed by atoms with van der Waals surface area (Å²) in [6, 6.07) is 38.6. The molecule has 4 heterocycles. The Kier molecular flexibility index (Phi) is 21.1. The summed E-state index contributed by atoms with van der Waals surface area (Å²) in [6.07, 6.45) is 10.2. The molecule has 480 valence electrons. The predicted octanol–water partition coefficient (Wildman–Crippen LogP) is 17.1. The molecule has 0 bridgehead atoms. The number of hydrogen-bond acceptors (Lipinski definition) is 15. The summed E-state index contributed by atoms with van der Waals surface area (Å²) in [5.74, 6) is -1.08. The second-order valence-electron chi connectivity index (χ2n) is 28.9. The average Bonchev–Trinajstić information content (AvgIpc) is 1.32. The number of ether oxygens (including phenoxy) is 2. The van der Waals surface area contributed by atoms with Crippen molar-refractivity contribution >= 4 is 57.7 Å². The number of phenols is 1. The number of nitrogens with zero attached hydrogens (tertiary/aromatic N) is 4. The highest BCUT2D eigenvalue weighted by molar-refractivity contribution is 7.14. The molecule has 2 atom stereocenters. The van der Waals surface area contributed by atoms with Gasteiger partial charge in [-0.05, 0) is 156 Å². The van der Waals surface area contributed by atoms with Crippen LogP contribution in [0.2, 0.25) is 0 Å². The zero-order valence-electron chi connectivity index (χ0n) is 55.3. The molecular weight excluding hydrogens is 1190 g/mol. The van der Waals surface area contributed by atoms with Crippen molar-refractivity contribution in [2.75, 3.05) is 0 Å². The van der Waals surface area contributed by atoms with Gasteiger partial charge < -0.3 is 14.6 Å². The fourth-order valence-corrected chi connectivity index (χ4v) is 13.3. The van der Waals surface area contributed by atoms with E-state index in [4.69, 9.17) is 9.47 Å². The van der Waals surface area contributed by atoms with Gasteiger partial charge in [-0.15, -0.1) is 22.7 Å². The second-order valence-corrected chi connectivity index (χ2v) is 31.1. The third-order valence-corrected chi connectivity index (χ3v) is 19.9. The Hall–Kier alpha value is -8.14. The molecule has 0 amide bonds. The number of thiophene rings is 2. The van der Waals surface area contributed by atoms with Crippen LogP contribution in [-0.2, 0) is 52.3 Å². The Labute approximate surface area is 549 Å². The zero-order valence-corrected chi connectivity index (χ0v) is 56.9. The normalized spacial score (nSPS) is 17.2. The van der Waals surface area contributed by atoms with Crippen LogP contribution in [0.4, 0.5) is 0 Å². The van der Waals surface area contributed by atoms with Gasteiger partial charge in [0.15, 0.2) is 23.2 Å². The van der Waals surface area contributed by atoms with Crippen LogP contribution in [0.3, 0.4) is 0 Å². The first kappa shape index (κ1) is 68.2. The maximum absolute atomic E-state index is 13.8. The fourth-order valence-electron chi connectivity index (χ4n) is 11.3. The summed E-state index contributed by atoms with van der Waals surface area (Å²) in [5, 5.41) is 9.55. The first-order chi connectivity index (χ1) is 43.3. The molecule has 2 saturated carbocycles. The maximum atomic E-state index is 13.8. The lowest BCUT2D eigenvalue weighted by atomic mass is 9.69. The van der Waals surface area contributed by atoms with Crippen molar-refractivity contribution in [3.63, 3.8) is 0 Å². The quantitative estimate of drug-likeness (QED) is 0.0560. The topological polar surface area (TPSA) is 193 Å². The number of Topliss-reactive ketones (excluding diaryl/α,β-unsaturated/α-hetero) is 4. The largest absolute Gasteiger partial charge is 0.508 e. The van der Waals surface area contributed by atoms with Crippen molar-refractivity contribution in [2.24, 2.45) is 35.5 Å². The standard InChI is InChI=1S/C39H44N2O4S.C38H42N2O5S/c1-24-8-12-26(13-9-24)31-22-40-36(41-23-31)27-14-10-25(11-15-27)18-28(21-32(42)33-16-17-34(46-33)38(2,3)4)35(43)29-19-30(20-29)37(44)45-39(5,6)7;1-37(2,3)33-16-15-32(46-33)31(42)20-26(34(43)27-18-28(19-27)36(44)45-38(4,5)6)17-23-7-9-25(10-8-23)35-39-21-29(22-40-35)24-11-13-30(41)14-12-24/h8-17,22-23,28-30H,18-21H2,1-7H3;7-16,21-22,26-28,41H,17-20H2,1-6H3/t28-,29?,30?;26-,27?,28?/m11/s1. The summed E-state index contributed by atoms with van der Waals surface area (Å²) >= 11 is 3.01. The molecule has 0 aliphatic heterocycles. The smallest absolute Gasteiger partial charge is 0.309 e. The van der Waals surface area contributed by atoms with Gasteiger partial charge in [0, 0.05) is 93.3 Å². The minimum absolute atomic E-state index is 0.0134. The molecular formula is C77H86N4O9S2. The minimum atomic E-state index is -0.570. The van der Waals surface area contributed by atoms with Crippen LogP contribution in [0.15, 0.2) is 146 Å². The van der Waals surface area contributed by atoms with E-state index in [2.05, 4.69) is 92.7 Å². The highest BCUT2D eigenvalue weighted by Crippen LogP contribution is 2.42. The van der Waals surface area contributed by atoms with Crippen LogP contribution in [-0.4, -0.2) is 71.3 Å². The van der Waals surface area contributed by atoms with Crippen LogP contribution in [0, 0.1) is 42.4 Å². The van der Waals surface area contributed by atoms with Crippen LogP contribution in [0.1, 0.15) is 167 Å². The Morgan fingerprint density at radius 2 is 0.761 bits per heavy atom. The van der Waals surface area contributed by atoms with Gasteiger partial charge in [-0.3, -0.25) is 28.8 Å². The highest BCUT2D eigenvalue weighted by Gasteiger charge is 2.45. The van der Waals surface area contributed by atoms with Gasteiger partial charge in [0.1, 0.15) is 28.5 Å². The lowest BCUT2D eigenvalue weighted by Crippen LogP contribution is -2.41. The first-order valence-corrected chi connectivity index (χ1v) is 33.4. The number of carbonyl (C=O) groups is 6. The molecule has 2 aliphatic rings. The number of aromatic hydroxyl groups is 1. The maximum Gasteiger partial charge on any atom is 0.309 e. The minimum Gasteiger partial charge on any atom is -0.508 e. The van der Waals surface area contributed by atoms with Crippen molar-refractivity contribution in [3.05, 3.63) is 182 Å². The van der Waals surface area contributed by atoms with E-state index in [-0.39, 0.29) is 88.2 Å². The molecule has 13 nitrogen and oxygen atoms in total. The van der Waals surface area contributed by atoms with Crippen molar-refractivity contribution in [1.82, 2.24) is 19.9 Å². The Bertz CT molecular complexity index is 3630. The SMILES string of the molecule is CC(C)(C)OC(=O)C1CC(C(=O)[C@@H](CC(=O)c2ccc(C(C)(C)C)s2)Cc2ccc(-c3ncc(-c4ccc(O)cc4)cn3)cc2)C1.Cc1ccc(-c2cnc(-c3ccc(C[C@H](CC(=O)c4ccc(C(C)(C)C)s4)C(=O)C4CC(C(=O)OC(C)(C)C)C4)cc3)nc2)cc1. The Morgan fingerprint density at radius 3 is 1.08 bits per heavy atom. The van der Waals surface area contributed by atoms with Gasteiger partial charge in [0.2, 0.25) is 0 Å². The predicted molar refractivity (Wildman–Crippen MR) is 365 cm³/mol. The number of hydrogen-bond donors (Lipinski definition) is 1. The molecule has 0 unspecified atom stereocenters. The number of rotatable bonds is 20. The summed E-state index contributed by atoms with van der Waals surface area (Å²) in [4.78, 5) is 102. The van der Waals surface area contributed by atoms with Gasteiger partial charge in [0.25, 0.3) is 0 Å². The molecule has 2 fully saturated rings. The van der Waals surface area contributed by atoms with E-state index in [0.29, 0.717) is 59.9 Å².